The summed E-state index contributed by atoms with van der Waals surface area (Å²) in [5, 5.41) is 4.21. The number of benzene rings is 3. The topological polar surface area (TPSA) is 44.9 Å². The maximum Gasteiger partial charge on any atom is 0.254 e. The molecule has 1 aromatic heterocycles. The molecule has 0 saturated heterocycles. The van der Waals surface area contributed by atoms with Crippen molar-refractivity contribution in [2.45, 2.75) is 25.8 Å². The fraction of sp³-hybridized carbons (Fsp3) is 0.160. The van der Waals surface area contributed by atoms with Crippen molar-refractivity contribution >= 4 is 16.8 Å². The van der Waals surface area contributed by atoms with Crippen molar-refractivity contribution in [1.29, 1.82) is 0 Å². The molecule has 1 heterocycles. The summed E-state index contributed by atoms with van der Waals surface area (Å²) in [6.45, 7) is 2.10. The molecule has 0 aliphatic heterocycles. The first-order chi connectivity index (χ1) is 13.8. The fourth-order valence-corrected chi connectivity index (χ4v) is 3.73. The minimum atomic E-state index is -0.0286. The van der Waals surface area contributed by atoms with E-state index < -0.39 is 0 Å². The first-order valence-corrected chi connectivity index (χ1v) is 9.75. The molecule has 2 N–H and O–H groups in total. The summed E-state index contributed by atoms with van der Waals surface area (Å²) in [5.74, 6) is -0.0286. The summed E-state index contributed by atoms with van der Waals surface area (Å²) in [7, 11) is 0. The van der Waals surface area contributed by atoms with Crippen LogP contribution in [0.25, 0.3) is 10.9 Å². The van der Waals surface area contributed by atoms with E-state index in [1.165, 1.54) is 5.56 Å². The predicted octanol–water partition coefficient (Wildman–Crippen LogP) is 5.64. The van der Waals surface area contributed by atoms with Gasteiger partial charge in [0.25, 0.3) is 5.91 Å². The Balaban J connectivity index is 1.70. The summed E-state index contributed by atoms with van der Waals surface area (Å²) >= 11 is 0. The van der Waals surface area contributed by atoms with Crippen LogP contribution in [-0.4, -0.2) is 10.9 Å². The van der Waals surface area contributed by atoms with Gasteiger partial charge in [0.05, 0.1) is 11.6 Å². The summed E-state index contributed by atoms with van der Waals surface area (Å²) in [6, 6.07) is 28.4. The summed E-state index contributed by atoms with van der Waals surface area (Å²) in [6.07, 6.45) is 1.53. The first kappa shape index (κ1) is 18.1. The molecule has 0 radical (unpaired) electrons. The molecule has 0 spiro atoms. The van der Waals surface area contributed by atoms with E-state index in [1.807, 2.05) is 60.7 Å². The quantitative estimate of drug-likeness (QED) is 0.454. The molecule has 3 heteroatoms. The number of carbonyl (C=O) groups excluding carboxylic acids is 1. The monoisotopic (exact) mass is 368 g/mol. The highest BCUT2D eigenvalue weighted by Gasteiger charge is 2.21. The van der Waals surface area contributed by atoms with Gasteiger partial charge in [0.1, 0.15) is 0 Å². The number of aromatic nitrogens is 1. The molecule has 28 heavy (non-hydrogen) atoms. The molecule has 4 rings (SSSR count). The van der Waals surface area contributed by atoms with Crippen molar-refractivity contribution in [3.05, 3.63) is 107 Å². The molecule has 0 unspecified atom stereocenters. The molecular formula is C25H24N2O. The van der Waals surface area contributed by atoms with Gasteiger partial charge in [-0.2, -0.15) is 0 Å². The average molecular weight is 368 g/mol. The second-order valence-electron chi connectivity index (χ2n) is 7.03. The van der Waals surface area contributed by atoms with Crippen LogP contribution < -0.4 is 5.32 Å². The molecular weight excluding hydrogens is 344 g/mol. The Morgan fingerprint density at radius 2 is 1.54 bits per heavy atom. The van der Waals surface area contributed by atoms with Crippen LogP contribution in [0.5, 0.6) is 0 Å². The van der Waals surface area contributed by atoms with Gasteiger partial charge in [0.2, 0.25) is 0 Å². The predicted molar refractivity (Wildman–Crippen MR) is 114 cm³/mol. The second kappa shape index (κ2) is 8.13. The van der Waals surface area contributed by atoms with Crippen molar-refractivity contribution in [2.75, 3.05) is 0 Å². The number of para-hydroxylation sites is 1. The molecule has 4 aromatic rings. The zero-order valence-electron chi connectivity index (χ0n) is 16.0. The molecule has 0 saturated carbocycles. The Labute approximate surface area is 165 Å². The largest absolute Gasteiger partial charge is 0.357 e. The number of carbonyl (C=O) groups is 1. The SMILES string of the molecule is CC[C@@H](NC(=O)c1c(Cc2ccccc2)[nH]c2ccccc12)c1ccccc1. The van der Waals surface area contributed by atoms with Crippen molar-refractivity contribution in [3.63, 3.8) is 0 Å². The van der Waals surface area contributed by atoms with Crippen LogP contribution in [-0.2, 0) is 6.42 Å². The first-order valence-electron chi connectivity index (χ1n) is 9.75. The van der Waals surface area contributed by atoms with Crippen LogP contribution in [0.3, 0.4) is 0 Å². The van der Waals surface area contributed by atoms with Gasteiger partial charge in [-0.1, -0.05) is 85.8 Å². The molecule has 1 atom stereocenters. The zero-order valence-corrected chi connectivity index (χ0v) is 16.0. The lowest BCUT2D eigenvalue weighted by molar-refractivity contribution is 0.0936. The molecule has 140 valence electrons. The highest BCUT2D eigenvalue weighted by molar-refractivity contribution is 6.08. The van der Waals surface area contributed by atoms with Gasteiger partial charge < -0.3 is 10.3 Å². The lowest BCUT2D eigenvalue weighted by Gasteiger charge is -2.18. The number of aromatic amines is 1. The number of hydrogen-bond acceptors (Lipinski definition) is 1. The molecule has 0 bridgehead atoms. The smallest absolute Gasteiger partial charge is 0.254 e. The summed E-state index contributed by atoms with van der Waals surface area (Å²) in [4.78, 5) is 16.8. The van der Waals surface area contributed by atoms with E-state index in [9.17, 15) is 4.79 Å². The summed E-state index contributed by atoms with van der Waals surface area (Å²) < 4.78 is 0. The Morgan fingerprint density at radius 3 is 2.25 bits per heavy atom. The number of amides is 1. The van der Waals surface area contributed by atoms with Crippen molar-refractivity contribution in [2.24, 2.45) is 0 Å². The lowest BCUT2D eigenvalue weighted by atomic mass is 10.0. The van der Waals surface area contributed by atoms with Crippen LogP contribution in [0.2, 0.25) is 0 Å². The van der Waals surface area contributed by atoms with Crippen LogP contribution in [0.15, 0.2) is 84.9 Å². The van der Waals surface area contributed by atoms with Gasteiger partial charge in [-0.3, -0.25) is 4.79 Å². The van der Waals surface area contributed by atoms with Crippen molar-refractivity contribution in [3.8, 4) is 0 Å². The zero-order chi connectivity index (χ0) is 19.3. The van der Waals surface area contributed by atoms with Crippen LogP contribution >= 0.6 is 0 Å². The number of H-pyrrole nitrogens is 1. The van der Waals surface area contributed by atoms with E-state index in [1.54, 1.807) is 0 Å². The minimum absolute atomic E-state index is 0.00747. The Kier molecular flexibility index (Phi) is 5.24. The van der Waals surface area contributed by atoms with Gasteiger partial charge in [0.15, 0.2) is 0 Å². The fourth-order valence-electron chi connectivity index (χ4n) is 3.73. The molecule has 3 aromatic carbocycles. The van der Waals surface area contributed by atoms with Gasteiger partial charge in [0, 0.05) is 23.0 Å². The van der Waals surface area contributed by atoms with Crippen LogP contribution in [0.4, 0.5) is 0 Å². The van der Waals surface area contributed by atoms with Crippen molar-refractivity contribution in [1.82, 2.24) is 10.3 Å². The standard InChI is InChI=1S/C25H24N2O/c1-2-21(19-13-7-4-8-14-19)27-25(28)24-20-15-9-10-16-22(20)26-23(24)17-18-11-5-3-6-12-18/h3-16,21,26H,2,17H2,1H3,(H,27,28)/t21-/m1/s1. The Morgan fingerprint density at radius 1 is 0.893 bits per heavy atom. The van der Waals surface area contributed by atoms with Gasteiger partial charge >= 0.3 is 0 Å². The normalized spacial score (nSPS) is 12.0. The molecule has 0 fully saturated rings. The third-order valence-corrected chi connectivity index (χ3v) is 5.15. The highest BCUT2D eigenvalue weighted by atomic mass is 16.1. The maximum absolute atomic E-state index is 13.3. The van der Waals surface area contributed by atoms with E-state index in [0.29, 0.717) is 6.42 Å². The number of nitrogens with one attached hydrogen (secondary N) is 2. The minimum Gasteiger partial charge on any atom is -0.357 e. The third kappa shape index (κ3) is 3.70. The Bertz CT molecular complexity index is 1070. The molecule has 1 amide bonds. The summed E-state index contributed by atoms with van der Waals surface area (Å²) in [5.41, 5.74) is 4.99. The second-order valence-corrected chi connectivity index (χ2v) is 7.03. The van der Waals surface area contributed by atoms with E-state index in [4.69, 9.17) is 0 Å². The van der Waals surface area contributed by atoms with E-state index in [2.05, 4.69) is 41.5 Å². The molecule has 3 nitrogen and oxygen atoms in total. The van der Waals surface area contributed by atoms with Crippen LogP contribution in [0.1, 0.15) is 46.6 Å². The number of rotatable bonds is 6. The van der Waals surface area contributed by atoms with Gasteiger partial charge in [-0.05, 0) is 23.6 Å². The highest BCUT2D eigenvalue weighted by Crippen LogP contribution is 2.26. The lowest BCUT2D eigenvalue weighted by Crippen LogP contribution is -2.28. The number of fused-ring (bicyclic) bond motifs is 1. The van der Waals surface area contributed by atoms with Gasteiger partial charge in [-0.15, -0.1) is 0 Å². The molecule has 0 aliphatic carbocycles. The van der Waals surface area contributed by atoms with Crippen molar-refractivity contribution < 1.29 is 4.79 Å². The number of hydrogen-bond donors (Lipinski definition) is 2. The van der Waals surface area contributed by atoms with E-state index >= 15 is 0 Å². The maximum atomic E-state index is 13.3. The molecule has 0 aliphatic rings. The van der Waals surface area contributed by atoms with E-state index in [0.717, 1.165) is 34.1 Å². The van der Waals surface area contributed by atoms with E-state index in [-0.39, 0.29) is 11.9 Å². The van der Waals surface area contributed by atoms with Crippen LogP contribution in [0, 0.1) is 0 Å². The Hall–Kier alpha value is -3.33. The third-order valence-electron chi connectivity index (χ3n) is 5.15. The van der Waals surface area contributed by atoms with Gasteiger partial charge in [-0.25, -0.2) is 0 Å². The average Bonchev–Trinajstić information content (AvgIpc) is 3.11.